The highest BCUT2D eigenvalue weighted by molar-refractivity contribution is 4.83. The molecule has 1 aliphatic rings. The van der Waals surface area contributed by atoms with Crippen molar-refractivity contribution in [3.05, 3.63) is 12.2 Å². The minimum atomic E-state index is -0.662. The zero-order chi connectivity index (χ0) is 21.4. The Bertz CT molecular complexity index is 411. The largest absolute Gasteiger partial charge is 0.384 e. The van der Waals surface area contributed by atoms with Gasteiger partial charge in [0.25, 0.3) is 0 Å². The van der Waals surface area contributed by atoms with Crippen LogP contribution in [0.4, 0.5) is 0 Å². The first kappa shape index (κ1) is 26.6. The smallest absolute Gasteiger partial charge is 0.141 e. The van der Waals surface area contributed by atoms with E-state index >= 15 is 0 Å². The summed E-state index contributed by atoms with van der Waals surface area (Å²) in [7, 11) is 4.11. The van der Waals surface area contributed by atoms with Crippen molar-refractivity contribution in [3.63, 3.8) is 0 Å². The monoisotopic (exact) mass is 412 g/mol. The Kier molecular flexibility index (Phi) is 15.0. The van der Waals surface area contributed by atoms with Gasteiger partial charge in [0, 0.05) is 6.61 Å². The number of quaternary nitrogens is 1. The van der Waals surface area contributed by atoms with Gasteiger partial charge in [0.15, 0.2) is 0 Å². The van der Waals surface area contributed by atoms with Crippen LogP contribution in [-0.2, 0) is 4.74 Å². The fraction of sp³-hybridized carbons (Fsp3) is 0.920. The lowest BCUT2D eigenvalue weighted by Gasteiger charge is -2.31. The molecule has 3 atom stereocenters. The number of unbranched alkanes of at least 4 members (excludes halogenated alkanes) is 12. The third-order valence-corrected chi connectivity index (χ3v) is 6.43. The van der Waals surface area contributed by atoms with E-state index in [-0.39, 0.29) is 6.04 Å². The number of aliphatic hydroxyl groups excluding tert-OH is 2. The second-order valence-electron chi connectivity index (χ2n) is 9.60. The van der Waals surface area contributed by atoms with E-state index in [1.165, 1.54) is 83.5 Å². The van der Waals surface area contributed by atoms with Crippen LogP contribution in [0, 0.1) is 0 Å². The third-order valence-electron chi connectivity index (χ3n) is 6.43. The van der Waals surface area contributed by atoms with Crippen molar-refractivity contribution < 1.29 is 19.4 Å². The molecular weight excluding hydrogens is 362 g/mol. The number of allylic oxidation sites excluding steroid dienone is 2. The van der Waals surface area contributed by atoms with E-state index < -0.39 is 12.2 Å². The second-order valence-corrected chi connectivity index (χ2v) is 9.60. The molecule has 0 radical (unpaired) electrons. The number of nitrogens with zero attached hydrogens (tertiary/aromatic N) is 1. The summed E-state index contributed by atoms with van der Waals surface area (Å²) in [5.41, 5.74) is 0. The highest BCUT2D eigenvalue weighted by Crippen LogP contribution is 2.23. The number of hydrogen-bond donors (Lipinski definition) is 2. The van der Waals surface area contributed by atoms with Crippen LogP contribution >= 0.6 is 0 Å². The fourth-order valence-electron chi connectivity index (χ4n) is 4.35. The van der Waals surface area contributed by atoms with Crippen molar-refractivity contribution in [2.24, 2.45) is 0 Å². The van der Waals surface area contributed by atoms with Gasteiger partial charge in [-0.1, -0.05) is 76.9 Å². The van der Waals surface area contributed by atoms with Crippen LogP contribution in [0.3, 0.4) is 0 Å². The van der Waals surface area contributed by atoms with Gasteiger partial charge in [-0.2, -0.15) is 0 Å². The first-order valence-corrected chi connectivity index (χ1v) is 12.4. The van der Waals surface area contributed by atoms with E-state index in [1.807, 2.05) is 0 Å². The predicted octanol–water partition coefficient (Wildman–Crippen LogP) is 5.22. The molecule has 0 aliphatic carbocycles. The average Bonchev–Trinajstić information content (AvgIpc) is 2.88. The van der Waals surface area contributed by atoms with E-state index in [4.69, 9.17) is 4.74 Å². The molecule has 1 aliphatic heterocycles. The van der Waals surface area contributed by atoms with Gasteiger partial charge in [-0.15, -0.1) is 0 Å². The molecule has 0 unspecified atom stereocenters. The molecule has 1 fully saturated rings. The SMILES string of the molecule is CCCCCCCC/C=C\CCCCCCCCOC[C@@H]1[C@@H](O)[C@@H](O)C[N+]1(C)C. The number of aliphatic hydroxyl groups is 2. The van der Waals surface area contributed by atoms with Gasteiger partial charge in [0.1, 0.15) is 31.4 Å². The molecule has 4 nitrogen and oxygen atoms in total. The van der Waals surface area contributed by atoms with E-state index in [0.29, 0.717) is 17.6 Å². The standard InChI is InChI=1S/C25H50NO3/c1-4-5-6-7-8-9-10-11-12-13-14-15-16-17-18-19-20-29-22-23-25(28)24(27)21-26(23,2)3/h11-12,23-25,27-28H,4-10,13-22H2,1-3H3/q+1/b12-11-/t23-,24+,25-/m1/s1. The summed E-state index contributed by atoms with van der Waals surface area (Å²) in [4.78, 5) is 0. The molecule has 0 aromatic rings. The van der Waals surface area contributed by atoms with Crippen molar-refractivity contribution in [1.29, 1.82) is 0 Å². The maximum absolute atomic E-state index is 10.1. The Morgan fingerprint density at radius 3 is 1.83 bits per heavy atom. The summed E-state index contributed by atoms with van der Waals surface area (Å²) < 4.78 is 6.43. The van der Waals surface area contributed by atoms with Crippen molar-refractivity contribution in [2.75, 3.05) is 33.9 Å². The number of hydrogen-bond acceptors (Lipinski definition) is 3. The summed E-state index contributed by atoms with van der Waals surface area (Å²) in [6, 6.07) is -0.0147. The van der Waals surface area contributed by atoms with E-state index in [9.17, 15) is 10.2 Å². The lowest BCUT2D eigenvalue weighted by atomic mass is 10.1. The molecule has 1 heterocycles. The highest BCUT2D eigenvalue weighted by atomic mass is 16.5. The van der Waals surface area contributed by atoms with Crippen LogP contribution in [0.5, 0.6) is 0 Å². The van der Waals surface area contributed by atoms with Crippen LogP contribution < -0.4 is 0 Å². The molecule has 29 heavy (non-hydrogen) atoms. The molecule has 4 heteroatoms. The Morgan fingerprint density at radius 2 is 1.31 bits per heavy atom. The fourth-order valence-corrected chi connectivity index (χ4v) is 4.35. The lowest BCUT2D eigenvalue weighted by Crippen LogP contribution is -2.50. The lowest BCUT2D eigenvalue weighted by molar-refractivity contribution is -0.905. The third kappa shape index (κ3) is 12.1. The van der Waals surface area contributed by atoms with Gasteiger partial charge in [0.05, 0.1) is 14.1 Å². The Hall–Kier alpha value is -0.420. The number of rotatable bonds is 18. The van der Waals surface area contributed by atoms with Gasteiger partial charge in [-0.25, -0.2) is 0 Å². The molecule has 2 N–H and O–H groups in total. The van der Waals surface area contributed by atoms with E-state index in [2.05, 4.69) is 33.2 Å². The molecule has 0 spiro atoms. The Labute approximate surface area is 180 Å². The van der Waals surface area contributed by atoms with Gasteiger partial charge in [-0.3, -0.25) is 0 Å². The summed E-state index contributed by atoms with van der Waals surface area (Å²) >= 11 is 0. The van der Waals surface area contributed by atoms with Gasteiger partial charge < -0.3 is 19.4 Å². The van der Waals surface area contributed by atoms with Crippen LogP contribution in [0.1, 0.15) is 96.8 Å². The number of likely N-dealkylation sites (N-methyl/N-ethyl adjacent to an activating group) is 1. The number of ether oxygens (including phenoxy) is 1. The second kappa shape index (κ2) is 16.3. The van der Waals surface area contributed by atoms with Crippen molar-refractivity contribution >= 4 is 0 Å². The molecule has 1 rings (SSSR count). The topological polar surface area (TPSA) is 49.7 Å². The molecule has 0 amide bonds. The maximum Gasteiger partial charge on any atom is 0.141 e. The molecule has 0 aromatic heterocycles. The van der Waals surface area contributed by atoms with E-state index in [1.54, 1.807) is 0 Å². The summed E-state index contributed by atoms with van der Waals surface area (Å²) in [6.07, 6.45) is 21.9. The zero-order valence-corrected chi connectivity index (χ0v) is 19.7. The first-order chi connectivity index (χ1) is 14.0. The summed E-state index contributed by atoms with van der Waals surface area (Å²) in [6.45, 7) is 4.18. The Morgan fingerprint density at radius 1 is 0.793 bits per heavy atom. The molecule has 172 valence electrons. The minimum Gasteiger partial charge on any atom is -0.384 e. The molecular formula is C25H50NO3+. The first-order valence-electron chi connectivity index (χ1n) is 12.4. The molecule has 0 saturated carbocycles. The molecule has 0 bridgehead atoms. The minimum absolute atomic E-state index is 0.0147. The highest BCUT2D eigenvalue weighted by Gasteiger charge is 2.47. The average molecular weight is 413 g/mol. The molecule has 0 aromatic carbocycles. The normalized spacial score (nSPS) is 24.0. The zero-order valence-electron chi connectivity index (χ0n) is 19.7. The van der Waals surface area contributed by atoms with Crippen LogP contribution in [-0.4, -0.2) is 66.8 Å². The molecule has 1 saturated heterocycles. The van der Waals surface area contributed by atoms with Crippen LogP contribution in [0.2, 0.25) is 0 Å². The van der Waals surface area contributed by atoms with Gasteiger partial charge in [-0.05, 0) is 32.1 Å². The summed E-state index contributed by atoms with van der Waals surface area (Å²) in [5, 5.41) is 19.9. The van der Waals surface area contributed by atoms with Crippen LogP contribution in [0.15, 0.2) is 12.2 Å². The maximum atomic E-state index is 10.1. The number of likely N-dealkylation sites (tertiary alicyclic amines) is 1. The van der Waals surface area contributed by atoms with Gasteiger partial charge in [0.2, 0.25) is 0 Å². The Balaban J connectivity index is 1.83. The van der Waals surface area contributed by atoms with Crippen LogP contribution in [0.25, 0.3) is 0 Å². The predicted molar refractivity (Wildman–Crippen MR) is 123 cm³/mol. The summed E-state index contributed by atoms with van der Waals surface area (Å²) in [5.74, 6) is 0. The van der Waals surface area contributed by atoms with Gasteiger partial charge >= 0.3 is 0 Å². The quantitative estimate of drug-likeness (QED) is 0.184. The van der Waals surface area contributed by atoms with Crippen molar-refractivity contribution in [2.45, 2.75) is 115 Å². The van der Waals surface area contributed by atoms with E-state index in [0.717, 1.165) is 13.0 Å². The van der Waals surface area contributed by atoms with Crippen molar-refractivity contribution in [3.8, 4) is 0 Å². The van der Waals surface area contributed by atoms with Crippen molar-refractivity contribution in [1.82, 2.24) is 0 Å².